The van der Waals surface area contributed by atoms with E-state index in [1.807, 2.05) is 0 Å². The van der Waals surface area contributed by atoms with Gasteiger partial charge in [-0.05, 0) is 30.3 Å². The Bertz CT molecular complexity index is 942. The summed E-state index contributed by atoms with van der Waals surface area (Å²) in [5.74, 6) is -0.504. The van der Waals surface area contributed by atoms with Crippen molar-refractivity contribution < 1.29 is 13.2 Å². The summed E-state index contributed by atoms with van der Waals surface area (Å²) in [5, 5.41) is 0.581. The monoisotopic (exact) mass is 369 g/mol. The molecular weight excluding hydrogens is 361 g/mol. The van der Waals surface area contributed by atoms with Crippen molar-refractivity contribution in [1.29, 1.82) is 0 Å². The maximum Gasteiger partial charge on any atom is 0.285 e. The molecule has 3 rings (SSSR count). The van der Waals surface area contributed by atoms with E-state index in [9.17, 15) is 13.2 Å². The van der Waals surface area contributed by atoms with Gasteiger partial charge in [0.15, 0.2) is 5.84 Å². The number of fused-ring (bicyclic) bond motifs is 1. The number of carbonyl (C=O) groups excluding carboxylic acids is 1. The van der Waals surface area contributed by atoms with Gasteiger partial charge < -0.3 is 0 Å². The van der Waals surface area contributed by atoms with Crippen LogP contribution < -0.4 is 10.9 Å². The topological polar surface area (TPSA) is 87.6 Å². The number of carbonyl (C=O) groups is 1. The third kappa shape index (κ3) is 3.03. The molecule has 0 fully saturated rings. The van der Waals surface area contributed by atoms with Crippen LogP contribution in [0.5, 0.6) is 0 Å². The van der Waals surface area contributed by atoms with Crippen LogP contribution in [0.1, 0.15) is 15.9 Å². The molecule has 1 amide bonds. The van der Waals surface area contributed by atoms with Crippen molar-refractivity contribution in [2.45, 2.75) is 4.90 Å². The molecule has 0 spiro atoms. The van der Waals surface area contributed by atoms with Crippen molar-refractivity contribution in [3.05, 3.63) is 63.6 Å². The molecule has 0 atom stereocenters. The van der Waals surface area contributed by atoms with E-state index in [1.54, 1.807) is 18.2 Å². The number of rotatable bonds is 1. The lowest BCUT2D eigenvalue weighted by molar-refractivity contribution is 0.0944. The highest BCUT2D eigenvalue weighted by molar-refractivity contribution is 7.90. The van der Waals surface area contributed by atoms with Crippen molar-refractivity contribution in [2.75, 3.05) is 0 Å². The summed E-state index contributed by atoms with van der Waals surface area (Å²) in [6.45, 7) is 0. The standard InChI is InChI=1S/C14H9Cl2N3O3S/c15-8-5-6-9(11(16)7-8)14(20)18-17-13-10-3-1-2-4-12(10)23(21,22)19-13/h1-7H,(H,17,19)(H,18,20). The van der Waals surface area contributed by atoms with E-state index in [4.69, 9.17) is 23.2 Å². The molecule has 118 valence electrons. The molecule has 2 aromatic rings. The first-order valence-corrected chi connectivity index (χ1v) is 8.54. The zero-order valence-corrected chi connectivity index (χ0v) is 13.7. The van der Waals surface area contributed by atoms with E-state index in [0.29, 0.717) is 10.6 Å². The Balaban J connectivity index is 1.81. The van der Waals surface area contributed by atoms with Gasteiger partial charge >= 0.3 is 0 Å². The van der Waals surface area contributed by atoms with Crippen LogP contribution in [0.3, 0.4) is 0 Å². The van der Waals surface area contributed by atoms with Crippen LogP contribution in [0.2, 0.25) is 10.0 Å². The van der Waals surface area contributed by atoms with E-state index in [-0.39, 0.29) is 21.3 Å². The van der Waals surface area contributed by atoms with Crippen LogP contribution in [0.4, 0.5) is 0 Å². The molecule has 1 aliphatic rings. The average Bonchev–Trinajstić information content (AvgIpc) is 2.76. The number of amides is 1. The number of nitrogens with one attached hydrogen (secondary N) is 2. The van der Waals surface area contributed by atoms with Gasteiger partial charge in [0.05, 0.1) is 10.6 Å². The number of hydrogen-bond donors (Lipinski definition) is 2. The lowest BCUT2D eigenvalue weighted by Gasteiger charge is -2.09. The quantitative estimate of drug-likeness (QED) is 0.755. The summed E-state index contributed by atoms with van der Waals surface area (Å²) in [4.78, 5) is 12.2. The van der Waals surface area contributed by atoms with Gasteiger partial charge in [-0.1, -0.05) is 35.3 Å². The predicted molar refractivity (Wildman–Crippen MR) is 87.2 cm³/mol. The zero-order valence-electron chi connectivity index (χ0n) is 11.4. The second kappa shape index (κ2) is 5.84. The predicted octanol–water partition coefficient (Wildman–Crippen LogP) is 2.38. The van der Waals surface area contributed by atoms with E-state index >= 15 is 0 Å². The highest BCUT2D eigenvalue weighted by Gasteiger charge is 2.28. The molecule has 6 nitrogen and oxygen atoms in total. The third-order valence-electron chi connectivity index (χ3n) is 3.10. The van der Waals surface area contributed by atoms with Gasteiger partial charge in [-0.3, -0.25) is 15.6 Å². The van der Waals surface area contributed by atoms with Crippen LogP contribution >= 0.6 is 23.2 Å². The number of amidine groups is 1. The third-order valence-corrected chi connectivity index (χ3v) is 4.98. The first kappa shape index (κ1) is 15.8. The van der Waals surface area contributed by atoms with Crippen LogP contribution in [0.25, 0.3) is 0 Å². The van der Waals surface area contributed by atoms with Gasteiger partial charge in [0, 0.05) is 10.6 Å². The summed E-state index contributed by atoms with van der Waals surface area (Å²) in [6.07, 6.45) is 0. The van der Waals surface area contributed by atoms with Crippen molar-refractivity contribution in [3.63, 3.8) is 0 Å². The Hall–Kier alpha value is -2.09. The van der Waals surface area contributed by atoms with Gasteiger partial charge in [-0.2, -0.15) is 8.42 Å². The van der Waals surface area contributed by atoms with Gasteiger partial charge in [0.25, 0.3) is 15.9 Å². The minimum atomic E-state index is -3.75. The van der Waals surface area contributed by atoms with Crippen molar-refractivity contribution >= 4 is 45.0 Å². The van der Waals surface area contributed by atoms with Gasteiger partial charge in [0.1, 0.15) is 4.90 Å². The van der Waals surface area contributed by atoms with Crippen LogP contribution in [0, 0.1) is 0 Å². The molecule has 1 heterocycles. The Morgan fingerprint density at radius 2 is 1.83 bits per heavy atom. The molecule has 0 aromatic heterocycles. The minimum Gasteiger partial charge on any atom is -0.280 e. The summed E-state index contributed by atoms with van der Waals surface area (Å²) in [6, 6.07) is 10.7. The van der Waals surface area contributed by atoms with Gasteiger partial charge in [0.2, 0.25) is 0 Å². The molecular formula is C14H9Cl2N3O3S. The number of benzene rings is 2. The zero-order chi connectivity index (χ0) is 16.6. The highest BCUT2D eigenvalue weighted by Crippen LogP contribution is 2.24. The summed E-state index contributed by atoms with van der Waals surface area (Å²) >= 11 is 11.7. The number of halogens is 2. The second-order valence-corrected chi connectivity index (χ2v) is 7.03. The van der Waals surface area contributed by atoms with Gasteiger partial charge in [-0.15, -0.1) is 4.40 Å². The maximum atomic E-state index is 12.1. The molecule has 0 radical (unpaired) electrons. The highest BCUT2D eigenvalue weighted by atomic mass is 35.5. The smallest absolute Gasteiger partial charge is 0.280 e. The van der Waals surface area contributed by atoms with E-state index in [2.05, 4.69) is 15.2 Å². The molecule has 2 N–H and O–H groups in total. The van der Waals surface area contributed by atoms with Crippen molar-refractivity contribution in [2.24, 2.45) is 4.40 Å². The normalized spacial score (nSPS) is 14.8. The number of sulfonamides is 1. The molecule has 2 aromatic carbocycles. The molecule has 0 saturated heterocycles. The lowest BCUT2D eigenvalue weighted by atomic mass is 10.2. The second-order valence-electron chi connectivity index (χ2n) is 4.61. The summed E-state index contributed by atoms with van der Waals surface area (Å²) in [7, 11) is -3.75. The molecule has 0 aliphatic carbocycles. The minimum absolute atomic E-state index is 0.0408. The average molecular weight is 370 g/mol. The molecule has 23 heavy (non-hydrogen) atoms. The lowest BCUT2D eigenvalue weighted by Crippen LogP contribution is -2.41. The maximum absolute atomic E-state index is 12.1. The van der Waals surface area contributed by atoms with Crippen molar-refractivity contribution in [3.8, 4) is 0 Å². The number of hydrazine groups is 1. The molecule has 1 aliphatic heterocycles. The fourth-order valence-electron chi connectivity index (χ4n) is 2.05. The Labute approximate surface area is 142 Å². The fraction of sp³-hybridized carbons (Fsp3) is 0. The Morgan fingerprint density at radius 3 is 2.57 bits per heavy atom. The summed E-state index contributed by atoms with van der Waals surface area (Å²) < 4.78 is 27.4. The van der Waals surface area contributed by atoms with E-state index < -0.39 is 15.9 Å². The van der Waals surface area contributed by atoms with Crippen LogP contribution in [0.15, 0.2) is 51.8 Å². The van der Waals surface area contributed by atoms with Crippen LogP contribution in [-0.2, 0) is 10.0 Å². The molecule has 9 heteroatoms. The van der Waals surface area contributed by atoms with E-state index in [0.717, 1.165) is 0 Å². The van der Waals surface area contributed by atoms with Gasteiger partial charge in [-0.25, -0.2) is 0 Å². The molecule has 0 bridgehead atoms. The first-order valence-electron chi connectivity index (χ1n) is 6.34. The van der Waals surface area contributed by atoms with Crippen LogP contribution in [-0.4, -0.2) is 20.2 Å². The SMILES string of the molecule is O=C(NNC1=NS(=O)(=O)c2ccccc21)c1ccc(Cl)cc1Cl. The largest absolute Gasteiger partial charge is 0.285 e. The number of hydrogen-bond acceptors (Lipinski definition) is 4. The Morgan fingerprint density at radius 1 is 1.09 bits per heavy atom. The van der Waals surface area contributed by atoms with E-state index in [1.165, 1.54) is 24.3 Å². The fourth-order valence-corrected chi connectivity index (χ4v) is 3.72. The molecule has 0 unspecified atom stereocenters. The van der Waals surface area contributed by atoms with Crippen molar-refractivity contribution in [1.82, 2.24) is 10.9 Å². The Kier molecular flexibility index (Phi) is 4.01. The first-order chi connectivity index (χ1) is 10.9. The number of nitrogens with zero attached hydrogens (tertiary/aromatic N) is 1. The molecule has 0 saturated carbocycles. The summed E-state index contributed by atoms with van der Waals surface area (Å²) in [5.41, 5.74) is 5.46.